The molecule has 0 radical (unpaired) electrons. The van der Waals surface area contributed by atoms with E-state index in [-0.39, 0.29) is 0 Å². The molecule has 94 valence electrons. The lowest BCUT2D eigenvalue weighted by Crippen LogP contribution is -1.88. The maximum atomic E-state index is 4.09. The van der Waals surface area contributed by atoms with Crippen LogP contribution in [0.3, 0.4) is 0 Å². The van der Waals surface area contributed by atoms with Crippen LogP contribution in [0.4, 0.5) is 0 Å². The molecule has 2 aromatic rings. The number of fused-ring (bicyclic) bond motifs is 1. The topological polar surface area (TPSA) is 25.8 Å². The molecule has 0 unspecified atom stereocenters. The molecule has 2 heteroatoms. The lowest BCUT2D eigenvalue weighted by molar-refractivity contribution is 1.02. The van der Waals surface area contributed by atoms with Crippen molar-refractivity contribution < 1.29 is 0 Å². The van der Waals surface area contributed by atoms with E-state index in [1.165, 1.54) is 17.4 Å². The molecular weight excluding hydrogens is 208 g/mol. The van der Waals surface area contributed by atoms with Gasteiger partial charge in [0.2, 0.25) is 0 Å². The quantitative estimate of drug-likeness (QED) is 0.658. The Bertz CT molecular complexity index is 436. The Morgan fingerprint density at radius 1 is 1.00 bits per heavy atom. The summed E-state index contributed by atoms with van der Waals surface area (Å²) >= 11 is 0. The van der Waals surface area contributed by atoms with E-state index in [2.05, 4.69) is 43.1 Å². The fraction of sp³-hybridized carbons (Fsp3) is 0.467. The van der Waals surface area contributed by atoms with E-state index in [1.54, 1.807) is 0 Å². The zero-order chi connectivity index (χ0) is 13.3. The molecule has 0 fully saturated rings. The average Bonchev–Trinajstić information content (AvgIpc) is 2.34. The smallest absolute Gasteiger partial charge is 0.0932 e. The van der Waals surface area contributed by atoms with E-state index >= 15 is 0 Å². The van der Waals surface area contributed by atoms with Crippen LogP contribution in [0, 0.1) is 13.8 Å². The lowest BCUT2D eigenvalue weighted by atomic mass is 10.1. The molecule has 0 aliphatic carbocycles. The van der Waals surface area contributed by atoms with Crippen LogP contribution < -0.4 is 0 Å². The molecular formula is C15H24N2. The number of hydrogen-bond donors (Lipinski definition) is 0. The molecule has 2 rings (SSSR count). The van der Waals surface area contributed by atoms with Crippen LogP contribution in [0.2, 0.25) is 0 Å². The summed E-state index contributed by atoms with van der Waals surface area (Å²) in [6.45, 7) is 12.3. The summed E-state index contributed by atoms with van der Waals surface area (Å²) in [7, 11) is 0. The highest BCUT2D eigenvalue weighted by Crippen LogP contribution is 2.15. The zero-order valence-electron chi connectivity index (χ0n) is 11.9. The molecule has 0 amide bonds. The highest BCUT2D eigenvalue weighted by Gasteiger charge is 1.97. The van der Waals surface area contributed by atoms with Crippen molar-refractivity contribution in [3.8, 4) is 0 Å². The van der Waals surface area contributed by atoms with Gasteiger partial charge in [0.25, 0.3) is 0 Å². The van der Waals surface area contributed by atoms with Crippen LogP contribution >= 0.6 is 0 Å². The van der Waals surface area contributed by atoms with Gasteiger partial charge in [-0.1, -0.05) is 46.2 Å². The largest absolute Gasteiger partial charge is 0.155 e. The predicted octanol–water partition coefficient (Wildman–Crippen LogP) is 4.69. The molecule has 0 N–H and O–H groups in total. The van der Waals surface area contributed by atoms with Gasteiger partial charge >= 0.3 is 0 Å². The van der Waals surface area contributed by atoms with E-state index in [0.717, 1.165) is 11.2 Å². The van der Waals surface area contributed by atoms with Gasteiger partial charge in [0.1, 0.15) is 0 Å². The number of aryl methyl sites for hydroxylation is 2. The van der Waals surface area contributed by atoms with Crippen molar-refractivity contribution in [2.24, 2.45) is 0 Å². The normalized spacial score (nSPS) is 8.82. The van der Waals surface area contributed by atoms with Gasteiger partial charge in [-0.25, -0.2) is 0 Å². The summed E-state index contributed by atoms with van der Waals surface area (Å²) in [6, 6.07) is 8.14. The maximum Gasteiger partial charge on any atom is 0.0932 e. The number of aromatic nitrogens is 2. The fourth-order valence-electron chi connectivity index (χ4n) is 1.31. The third kappa shape index (κ3) is 4.94. The lowest BCUT2D eigenvalue weighted by Gasteiger charge is -1.99. The van der Waals surface area contributed by atoms with Crippen molar-refractivity contribution in [3.05, 3.63) is 35.5 Å². The SMILES string of the molecule is CC.CCC.Cc1cc2c(C)cccc2nn1. The highest BCUT2D eigenvalue weighted by atomic mass is 15.1. The van der Waals surface area contributed by atoms with Crippen molar-refractivity contribution >= 4 is 10.9 Å². The first kappa shape index (κ1) is 15.6. The van der Waals surface area contributed by atoms with Crippen LogP contribution in [0.1, 0.15) is 45.4 Å². The third-order valence-electron chi connectivity index (χ3n) is 1.97. The first-order chi connectivity index (χ1) is 8.19. The van der Waals surface area contributed by atoms with Crippen molar-refractivity contribution in [1.82, 2.24) is 10.2 Å². The molecule has 0 bridgehead atoms. The number of nitrogens with zero attached hydrogens (tertiary/aromatic N) is 2. The second kappa shape index (κ2) is 8.68. The van der Waals surface area contributed by atoms with Gasteiger partial charge in [-0.05, 0) is 31.5 Å². The average molecular weight is 232 g/mol. The standard InChI is InChI=1S/C10H10N2.C3H8.C2H6/c1-7-4-3-5-10-9(7)6-8(2)11-12-10;1-3-2;1-2/h3-6H,1-2H3;3H2,1-2H3;1-2H3. The molecule has 0 saturated heterocycles. The summed E-state index contributed by atoms with van der Waals surface area (Å²) in [6.07, 6.45) is 1.25. The Morgan fingerprint density at radius 2 is 1.59 bits per heavy atom. The molecule has 0 aliphatic heterocycles. The Hall–Kier alpha value is -1.44. The zero-order valence-corrected chi connectivity index (χ0v) is 11.9. The first-order valence-electron chi connectivity index (χ1n) is 6.38. The van der Waals surface area contributed by atoms with Gasteiger partial charge in [0.05, 0.1) is 11.2 Å². The minimum absolute atomic E-state index is 0.969. The van der Waals surface area contributed by atoms with E-state index < -0.39 is 0 Å². The van der Waals surface area contributed by atoms with Crippen LogP contribution in [0.25, 0.3) is 10.9 Å². The molecule has 0 spiro atoms. The summed E-state index contributed by atoms with van der Waals surface area (Å²) in [5.74, 6) is 0. The van der Waals surface area contributed by atoms with Crippen LogP contribution in [0.5, 0.6) is 0 Å². The number of benzene rings is 1. The van der Waals surface area contributed by atoms with Crippen molar-refractivity contribution in [2.75, 3.05) is 0 Å². The Labute approximate surface area is 105 Å². The molecule has 2 nitrogen and oxygen atoms in total. The van der Waals surface area contributed by atoms with Crippen molar-refractivity contribution in [1.29, 1.82) is 0 Å². The third-order valence-corrected chi connectivity index (χ3v) is 1.97. The fourth-order valence-corrected chi connectivity index (χ4v) is 1.31. The number of rotatable bonds is 0. The predicted molar refractivity (Wildman–Crippen MR) is 76.3 cm³/mol. The van der Waals surface area contributed by atoms with Gasteiger partial charge in [-0.3, -0.25) is 0 Å². The first-order valence-corrected chi connectivity index (χ1v) is 6.38. The summed E-state index contributed by atoms with van der Waals surface area (Å²) in [5, 5.41) is 9.29. The Balaban J connectivity index is 0.000000450. The molecule has 1 aromatic heterocycles. The molecule has 1 aromatic carbocycles. The second-order valence-electron chi connectivity index (χ2n) is 3.70. The van der Waals surface area contributed by atoms with Crippen molar-refractivity contribution in [3.63, 3.8) is 0 Å². The summed E-state index contributed by atoms with van der Waals surface area (Å²) < 4.78 is 0. The molecule has 1 heterocycles. The number of hydrogen-bond acceptors (Lipinski definition) is 2. The maximum absolute atomic E-state index is 4.09. The van der Waals surface area contributed by atoms with Gasteiger partial charge < -0.3 is 0 Å². The van der Waals surface area contributed by atoms with E-state index in [4.69, 9.17) is 0 Å². The van der Waals surface area contributed by atoms with Gasteiger partial charge in [-0.2, -0.15) is 10.2 Å². The Kier molecular flexibility index (Phi) is 7.95. The van der Waals surface area contributed by atoms with Crippen LogP contribution in [-0.4, -0.2) is 10.2 Å². The summed E-state index contributed by atoms with van der Waals surface area (Å²) in [4.78, 5) is 0. The summed E-state index contributed by atoms with van der Waals surface area (Å²) in [5.41, 5.74) is 3.20. The van der Waals surface area contributed by atoms with E-state index in [1.807, 2.05) is 32.9 Å². The minimum atomic E-state index is 0.969. The molecule has 0 saturated carbocycles. The van der Waals surface area contributed by atoms with Gasteiger partial charge in [-0.15, -0.1) is 0 Å². The monoisotopic (exact) mass is 232 g/mol. The van der Waals surface area contributed by atoms with E-state index in [0.29, 0.717) is 0 Å². The van der Waals surface area contributed by atoms with Gasteiger partial charge in [0.15, 0.2) is 0 Å². The van der Waals surface area contributed by atoms with Gasteiger partial charge in [0, 0.05) is 5.39 Å². The Morgan fingerprint density at radius 3 is 2.18 bits per heavy atom. The van der Waals surface area contributed by atoms with Crippen molar-refractivity contribution in [2.45, 2.75) is 48.0 Å². The molecule has 17 heavy (non-hydrogen) atoms. The second-order valence-corrected chi connectivity index (χ2v) is 3.70. The highest BCUT2D eigenvalue weighted by molar-refractivity contribution is 5.81. The van der Waals surface area contributed by atoms with Crippen LogP contribution in [0.15, 0.2) is 24.3 Å². The van der Waals surface area contributed by atoms with E-state index in [9.17, 15) is 0 Å². The molecule has 0 atom stereocenters. The molecule has 0 aliphatic rings. The van der Waals surface area contributed by atoms with Crippen LogP contribution in [-0.2, 0) is 0 Å². The minimum Gasteiger partial charge on any atom is -0.155 e.